The number of likely N-dealkylation sites (N-methyl/N-ethyl adjacent to an activating group) is 1. The molecule has 1 aliphatic heterocycles. The van der Waals surface area contributed by atoms with Gasteiger partial charge in [0, 0.05) is 25.6 Å². The number of amides is 1. The molecule has 1 unspecified atom stereocenters. The van der Waals surface area contributed by atoms with Crippen LogP contribution >= 0.6 is 0 Å². The third-order valence-corrected chi connectivity index (χ3v) is 3.34. The lowest BCUT2D eigenvalue weighted by Gasteiger charge is -2.20. The zero-order valence-electron chi connectivity index (χ0n) is 10.6. The van der Waals surface area contributed by atoms with E-state index < -0.39 is 0 Å². The van der Waals surface area contributed by atoms with Crippen LogP contribution in [0, 0.1) is 0 Å². The Bertz CT molecular complexity index is 218. The van der Waals surface area contributed by atoms with Crippen LogP contribution in [0.2, 0.25) is 0 Å². The molecule has 1 saturated heterocycles. The van der Waals surface area contributed by atoms with Crippen molar-refractivity contribution in [2.45, 2.75) is 38.1 Å². The van der Waals surface area contributed by atoms with Gasteiger partial charge in [-0.3, -0.25) is 4.79 Å². The Balaban J connectivity index is 2.18. The van der Waals surface area contributed by atoms with Crippen molar-refractivity contribution in [1.82, 2.24) is 9.80 Å². The molecule has 1 amide bonds. The lowest BCUT2D eigenvalue weighted by atomic mass is 10.2. The van der Waals surface area contributed by atoms with Crippen LogP contribution in [0.4, 0.5) is 0 Å². The van der Waals surface area contributed by atoms with Crippen molar-refractivity contribution in [2.75, 3.05) is 33.7 Å². The van der Waals surface area contributed by atoms with Gasteiger partial charge >= 0.3 is 0 Å². The molecular formula is C12H25N3O. The molecular weight excluding hydrogens is 202 g/mol. The van der Waals surface area contributed by atoms with Crippen molar-refractivity contribution < 1.29 is 4.79 Å². The minimum Gasteiger partial charge on any atom is -0.341 e. The van der Waals surface area contributed by atoms with Gasteiger partial charge in [0.25, 0.3) is 0 Å². The maximum absolute atomic E-state index is 11.9. The minimum atomic E-state index is 0.321. The van der Waals surface area contributed by atoms with Crippen LogP contribution in [-0.2, 0) is 4.79 Å². The topological polar surface area (TPSA) is 49.6 Å². The fraction of sp³-hybridized carbons (Fsp3) is 0.917. The molecule has 0 bridgehead atoms. The highest BCUT2D eigenvalue weighted by Crippen LogP contribution is 2.15. The van der Waals surface area contributed by atoms with Crippen LogP contribution < -0.4 is 5.73 Å². The average Bonchev–Trinajstić information content (AvgIpc) is 2.73. The van der Waals surface area contributed by atoms with E-state index in [0.717, 1.165) is 45.3 Å². The van der Waals surface area contributed by atoms with Crippen LogP contribution in [0.25, 0.3) is 0 Å². The number of carbonyl (C=O) groups excluding carboxylic acids is 1. The Kier molecular flexibility index (Phi) is 5.77. The van der Waals surface area contributed by atoms with Crippen molar-refractivity contribution >= 4 is 5.91 Å². The first-order valence-electron chi connectivity index (χ1n) is 6.29. The molecule has 2 N–H and O–H groups in total. The molecule has 0 aromatic heterocycles. The van der Waals surface area contributed by atoms with Crippen LogP contribution in [-0.4, -0.2) is 55.5 Å². The Morgan fingerprint density at radius 1 is 1.38 bits per heavy atom. The van der Waals surface area contributed by atoms with Crippen LogP contribution in [0.15, 0.2) is 0 Å². The van der Waals surface area contributed by atoms with Crippen LogP contribution in [0.5, 0.6) is 0 Å². The van der Waals surface area contributed by atoms with E-state index in [4.69, 9.17) is 5.73 Å². The molecule has 0 saturated carbocycles. The van der Waals surface area contributed by atoms with Gasteiger partial charge < -0.3 is 15.5 Å². The van der Waals surface area contributed by atoms with Crippen molar-refractivity contribution in [3.63, 3.8) is 0 Å². The third-order valence-electron chi connectivity index (χ3n) is 3.34. The van der Waals surface area contributed by atoms with Crippen LogP contribution in [0.3, 0.4) is 0 Å². The number of hydrogen-bond acceptors (Lipinski definition) is 3. The number of hydrogen-bond donors (Lipinski definition) is 1. The first-order valence-corrected chi connectivity index (χ1v) is 6.29. The van der Waals surface area contributed by atoms with E-state index in [-0.39, 0.29) is 0 Å². The first-order chi connectivity index (χ1) is 7.65. The maximum Gasteiger partial charge on any atom is 0.222 e. The molecule has 0 aromatic rings. The number of nitrogens with two attached hydrogens (primary N) is 1. The van der Waals surface area contributed by atoms with Gasteiger partial charge in [-0.05, 0) is 39.9 Å². The van der Waals surface area contributed by atoms with E-state index >= 15 is 0 Å². The van der Waals surface area contributed by atoms with Crippen molar-refractivity contribution in [3.05, 3.63) is 0 Å². The minimum absolute atomic E-state index is 0.321. The SMILES string of the molecule is CN(C)C1CCN(C(=O)CCCCCN)C1. The summed E-state index contributed by atoms with van der Waals surface area (Å²) in [5, 5.41) is 0. The van der Waals surface area contributed by atoms with E-state index in [1.807, 2.05) is 4.90 Å². The molecule has 1 rings (SSSR count). The monoisotopic (exact) mass is 227 g/mol. The van der Waals surface area contributed by atoms with Gasteiger partial charge in [0.15, 0.2) is 0 Å². The molecule has 1 fully saturated rings. The third kappa shape index (κ3) is 4.10. The van der Waals surface area contributed by atoms with Gasteiger partial charge in [0.05, 0.1) is 0 Å². The summed E-state index contributed by atoms with van der Waals surface area (Å²) in [6.45, 7) is 2.57. The summed E-state index contributed by atoms with van der Waals surface area (Å²) in [5.74, 6) is 0.321. The summed E-state index contributed by atoms with van der Waals surface area (Å²) in [6.07, 6.45) is 4.90. The van der Waals surface area contributed by atoms with Gasteiger partial charge in [-0.1, -0.05) is 6.42 Å². The van der Waals surface area contributed by atoms with Crippen molar-refractivity contribution in [1.29, 1.82) is 0 Å². The largest absolute Gasteiger partial charge is 0.341 e. The molecule has 1 atom stereocenters. The Morgan fingerprint density at radius 3 is 2.69 bits per heavy atom. The molecule has 0 aliphatic carbocycles. The number of likely N-dealkylation sites (tertiary alicyclic amines) is 1. The number of nitrogens with zero attached hydrogens (tertiary/aromatic N) is 2. The van der Waals surface area contributed by atoms with E-state index in [1.165, 1.54) is 0 Å². The fourth-order valence-corrected chi connectivity index (χ4v) is 2.15. The van der Waals surface area contributed by atoms with Crippen molar-refractivity contribution in [2.24, 2.45) is 5.73 Å². The van der Waals surface area contributed by atoms with Gasteiger partial charge in [0.2, 0.25) is 5.91 Å². The standard InChI is InChI=1S/C12H25N3O/c1-14(2)11-7-9-15(10-11)12(16)6-4-3-5-8-13/h11H,3-10,13H2,1-2H3. The summed E-state index contributed by atoms with van der Waals surface area (Å²) in [7, 11) is 4.17. The molecule has 4 nitrogen and oxygen atoms in total. The Labute approximate surface area is 98.8 Å². The Morgan fingerprint density at radius 2 is 2.12 bits per heavy atom. The lowest BCUT2D eigenvalue weighted by molar-refractivity contribution is -0.130. The number of rotatable bonds is 6. The van der Waals surface area contributed by atoms with Gasteiger partial charge in [-0.2, -0.15) is 0 Å². The predicted molar refractivity (Wildman–Crippen MR) is 66.2 cm³/mol. The summed E-state index contributed by atoms with van der Waals surface area (Å²) >= 11 is 0. The first kappa shape index (κ1) is 13.5. The molecule has 1 heterocycles. The summed E-state index contributed by atoms with van der Waals surface area (Å²) in [5.41, 5.74) is 5.42. The molecule has 1 aliphatic rings. The molecule has 94 valence electrons. The zero-order valence-corrected chi connectivity index (χ0v) is 10.6. The molecule has 0 aromatic carbocycles. The van der Waals surface area contributed by atoms with Gasteiger partial charge in [0.1, 0.15) is 0 Å². The predicted octanol–water partition coefficient (Wildman–Crippen LogP) is 0.668. The van der Waals surface area contributed by atoms with E-state index in [9.17, 15) is 4.79 Å². The Hall–Kier alpha value is -0.610. The van der Waals surface area contributed by atoms with Gasteiger partial charge in [-0.15, -0.1) is 0 Å². The summed E-state index contributed by atoms with van der Waals surface area (Å²) in [6, 6.07) is 0.549. The highest BCUT2D eigenvalue weighted by atomic mass is 16.2. The molecule has 0 radical (unpaired) electrons. The number of unbranched alkanes of at least 4 members (excludes halogenated alkanes) is 2. The lowest BCUT2D eigenvalue weighted by Crippen LogP contribution is -2.34. The van der Waals surface area contributed by atoms with E-state index in [0.29, 0.717) is 18.4 Å². The van der Waals surface area contributed by atoms with E-state index in [1.54, 1.807) is 0 Å². The fourth-order valence-electron chi connectivity index (χ4n) is 2.15. The van der Waals surface area contributed by atoms with Gasteiger partial charge in [-0.25, -0.2) is 0 Å². The number of carbonyl (C=O) groups is 1. The summed E-state index contributed by atoms with van der Waals surface area (Å²) < 4.78 is 0. The van der Waals surface area contributed by atoms with Crippen LogP contribution in [0.1, 0.15) is 32.1 Å². The van der Waals surface area contributed by atoms with Crippen molar-refractivity contribution in [3.8, 4) is 0 Å². The molecule has 4 heteroatoms. The summed E-state index contributed by atoms with van der Waals surface area (Å²) in [4.78, 5) is 16.1. The second-order valence-corrected chi connectivity index (χ2v) is 4.85. The normalized spacial score (nSPS) is 20.8. The van der Waals surface area contributed by atoms with E-state index in [2.05, 4.69) is 19.0 Å². The smallest absolute Gasteiger partial charge is 0.222 e. The second-order valence-electron chi connectivity index (χ2n) is 4.85. The second kappa shape index (κ2) is 6.86. The molecule has 0 spiro atoms. The highest BCUT2D eigenvalue weighted by Gasteiger charge is 2.26. The maximum atomic E-state index is 11.9. The quantitative estimate of drug-likeness (QED) is 0.678. The molecule has 16 heavy (non-hydrogen) atoms. The average molecular weight is 227 g/mol. The zero-order chi connectivity index (χ0) is 12.0. The highest BCUT2D eigenvalue weighted by molar-refractivity contribution is 5.76.